The molecule has 8 heteroatoms. The maximum absolute atomic E-state index is 13.3. The molecule has 1 fully saturated rings. The van der Waals surface area contributed by atoms with Crippen LogP contribution in [-0.2, 0) is 0 Å². The Hall–Kier alpha value is -3.46. The van der Waals surface area contributed by atoms with Crippen LogP contribution in [0.1, 0.15) is 0 Å². The summed E-state index contributed by atoms with van der Waals surface area (Å²) in [7, 11) is 2.13. The number of aromatic nitrogens is 1. The minimum atomic E-state index is -1.14. The van der Waals surface area contributed by atoms with Crippen molar-refractivity contribution in [3.05, 3.63) is 84.5 Å². The summed E-state index contributed by atoms with van der Waals surface area (Å²) in [6.45, 7) is 3.88. The molecule has 5 rings (SSSR count). The molecule has 2 aliphatic rings. The quantitative estimate of drug-likeness (QED) is 0.504. The van der Waals surface area contributed by atoms with Crippen LogP contribution in [0, 0.1) is 5.82 Å². The van der Waals surface area contributed by atoms with Gasteiger partial charge in [0.15, 0.2) is 12.5 Å². The molecule has 7 nitrogen and oxygen atoms in total. The summed E-state index contributed by atoms with van der Waals surface area (Å²) in [4.78, 5) is 10.8. The third kappa shape index (κ3) is 4.48. The number of allylic oxidation sites excluding steroid dienone is 2. The van der Waals surface area contributed by atoms with E-state index in [9.17, 15) is 14.6 Å². The fourth-order valence-electron chi connectivity index (χ4n) is 4.38. The average Bonchev–Trinajstić information content (AvgIpc) is 2.85. The van der Waals surface area contributed by atoms with Crippen molar-refractivity contribution in [2.75, 3.05) is 48.3 Å². The Bertz CT molecular complexity index is 1220. The topological polar surface area (TPSA) is 75.1 Å². The minimum absolute atomic E-state index is 0.350. The molecule has 0 bridgehead atoms. The largest absolute Gasteiger partial charge is 0.370 e. The van der Waals surface area contributed by atoms with Crippen LogP contribution in [0.15, 0.2) is 78.7 Å². The van der Waals surface area contributed by atoms with Gasteiger partial charge in [0.1, 0.15) is 5.82 Å². The fourth-order valence-corrected chi connectivity index (χ4v) is 4.38. The van der Waals surface area contributed by atoms with Crippen molar-refractivity contribution < 1.29 is 14.6 Å². The second-order valence-corrected chi connectivity index (χ2v) is 8.67. The first-order valence-corrected chi connectivity index (χ1v) is 11.4. The van der Waals surface area contributed by atoms with Crippen LogP contribution in [0.25, 0.3) is 10.9 Å². The summed E-state index contributed by atoms with van der Waals surface area (Å²) in [6.07, 6.45) is 4.77. The number of rotatable bonds is 5. The number of nitrogens with zero attached hydrogens (tertiary/aromatic N) is 4. The number of hydrogen-bond donors (Lipinski definition) is 3. The highest BCUT2D eigenvalue weighted by Gasteiger charge is 2.27. The lowest BCUT2D eigenvalue weighted by Crippen LogP contribution is -2.44. The molecule has 0 amide bonds. The Kier molecular flexibility index (Phi) is 6.19. The molecule has 3 aromatic rings. The number of aliphatic hydroxyl groups excluding tert-OH is 2. The lowest BCUT2D eigenvalue weighted by molar-refractivity contribution is 0.158. The van der Waals surface area contributed by atoms with Gasteiger partial charge in [0.25, 0.3) is 0 Å². The standard InChI is InChI=1S/C26H28FN5O2/c1-30-12-14-31(15-13-30)20-16-22-23(28-17-20)5-2-6-24(22)29-25(33)21-4-3-11-32(26(21)34)19-9-7-18(27)8-10-19/h2-11,16-17,25-26,29,33-34H,12-15H2,1H3. The van der Waals surface area contributed by atoms with Crippen molar-refractivity contribution in [3.63, 3.8) is 0 Å². The van der Waals surface area contributed by atoms with Gasteiger partial charge in [0.05, 0.1) is 17.4 Å². The maximum Gasteiger partial charge on any atom is 0.157 e. The van der Waals surface area contributed by atoms with Crippen molar-refractivity contribution in [1.82, 2.24) is 9.88 Å². The number of pyridine rings is 1. The second kappa shape index (κ2) is 9.42. The molecule has 0 saturated carbocycles. The molecule has 2 aliphatic heterocycles. The first-order valence-electron chi connectivity index (χ1n) is 11.4. The summed E-state index contributed by atoms with van der Waals surface area (Å²) in [5.74, 6) is -0.350. The van der Waals surface area contributed by atoms with E-state index in [4.69, 9.17) is 0 Å². The van der Waals surface area contributed by atoms with E-state index >= 15 is 0 Å². The van der Waals surface area contributed by atoms with Gasteiger partial charge >= 0.3 is 0 Å². The van der Waals surface area contributed by atoms with Crippen LogP contribution in [0.4, 0.5) is 21.5 Å². The number of hydrogen-bond acceptors (Lipinski definition) is 7. The molecule has 34 heavy (non-hydrogen) atoms. The molecule has 0 spiro atoms. The van der Waals surface area contributed by atoms with Gasteiger partial charge in [-0.05, 0) is 55.6 Å². The zero-order valence-electron chi connectivity index (χ0n) is 19.0. The van der Waals surface area contributed by atoms with E-state index in [-0.39, 0.29) is 5.82 Å². The van der Waals surface area contributed by atoms with Crippen LogP contribution in [-0.4, -0.2) is 65.8 Å². The Balaban J connectivity index is 1.38. The molecule has 2 aromatic carbocycles. The van der Waals surface area contributed by atoms with Crippen LogP contribution in [0.3, 0.4) is 0 Å². The average molecular weight is 462 g/mol. The van der Waals surface area contributed by atoms with Crippen LogP contribution in [0.2, 0.25) is 0 Å². The molecule has 0 radical (unpaired) electrons. The molecule has 2 atom stereocenters. The summed E-state index contributed by atoms with van der Waals surface area (Å²) < 4.78 is 13.3. The highest BCUT2D eigenvalue weighted by molar-refractivity contribution is 5.93. The molecule has 1 aromatic heterocycles. The number of aliphatic hydroxyl groups is 2. The maximum atomic E-state index is 13.3. The van der Waals surface area contributed by atoms with Crippen molar-refractivity contribution in [2.24, 2.45) is 0 Å². The monoisotopic (exact) mass is 461 g/mol. The number of likely N-dealkylation sites (N-methyl/N-ethyl adjacent to an activating group) is 1. The highest BCUT2D eigenvalue weighted by Crippen LogP contribution is 2.30. The van der Waals surface area contributed by atoms with Crippen molar-refractivity contribution in [2.45, 2.75) is 12.5 Å². The van der Waals surface area contributed by atoms with Gasteiger partial charge in [0.2, 0.25) is 0 Å². The number of nitrogens with one attached hydrogen (secondary N) is 1. The predicted molar refractivity (Wildman–Crippen MR) is 133 cm³/mol. The first-order chi connectivity index (χ1) is 16.5. The lowest BCUT2D eigenvalue weighted by Gasteiger charge is -2.34. The van der Waals surface area contributed by atoms with Gasteiger partial charge in [-0.25, -0.2) is 4.39 Å². The molecule has 3 N–H and O–H groups in total. The van der Waals surface area contributed by atoms with Gasteiger partial charge in [-0.3, -0.25) is 4.98 Å². The smallest absolute Gasteiger partial charge is 0.157 e. The number of anilines is 3. The van der Waals surface area contributed by atoms with Crippen molar-refractivity contribution >= 4 is 28.0 Å². The number of benzene rings is 2. The van der Waals surface area contributed by atoms with E-state index in [0.29, 0.717) is 11.3 Å². The highest BCUT2D eigenvalue weighted by atomic mass is 19.1. The second-order valence-electron chi connectivity index (χ2n) is 8.67. The minimum Gasteiger partial charge on any atom is -0.370 e. The van der Waals surface area contributed by atoms with Gasteiger partial charge in [-0.2, -0.15) is 0 Å². The molecule has 2 unspecified atom stereocenters. The molecule has 3 heterocycles. The normalized spacial score (nSPS) is 19.9. The SMILES string of the molecule is CN1CCN(c2cnc3cccc(NC(O)C4=CC=CN(c5ccc(F)cc5)C4O)c3c2)CC1. The van der Waals surface area contributed by atoms with Crippen molar-refractivity contribution in [3.8, 4) is 0 Å². The summed E-state index contributed by atoms with van der Waals surface area (Å²) in [5, 5.41) is 26.0. The van der Waals surface area contributed by atoms with Crippen molar-refractivity contribution in [1.29, 1.82) is 0 Å². The van der Waals surface area contributed by atoms with E-state index in [0.717, 1.165) is 48.5 Å². The summed E-state index contributed by atoms with van der Waals surface area (Å²) in [5.41, 5.74) is 3.60. The fraction of sp³-hybridized carbons (Fsp3) is 0.269. The van der Waals surface area contributed by atoms with Gasteiger partial charge in [0, 0.05) is 54.7 Å². The molecular formula is C26H28FN5O2. The third-order valence-corrected chi connectivity index (χ3v) is 6.41. The predicted octanol–water partition coefficient (Wildman–Crippen LogP) is 3.13. The van der Waals surface area contributed by atoms with Crippen LogP contribution in [0.5, 0.6) is 0 Å². The molecule has 1 saturated heterocycles. The van der Waals surface area contributed by atoms with E-state index < -0.39 is 12.5 Å². The Morgan fingerprint density at radius 3 is 2.59 bits per heavy atom. The van der Waals surface area contributed by atoms with E-state index in [1.807, 2.05) is 24.4 Å². The van der Waals surface area contributed by atoms with Crippen LogP contribution < -0.4 is 15.1 Å². The number of fused-ring (bicyclic) bond motifs is 1. The Morgan fingerprint density at radius 1 is 1.06 bits per heavy atom. The summed E-state index contributed by atoms with van der Waals surface area (Å²) in [6, 6.07) is 13.7. The molecule has 0 aliphatic carbocycles. The van der Waals surface area contributed by atoms with Crippen LogP contribution >= 0.6 is 0 Å². The third-order valence-electron chi connectivity index (χ3n) is 6.41. The van der Waals surface area contributed by atoms with Gasteiger partial charge in [-0.15, -0.1) is 0 Å². The van der Waals surface area contributed by atoms with Gasteiger partial charge in [-0.1, -0.05) is 12.1 Å². The van der Waals surface area contributed by atoms with E-state index in [2.05, 4.69) is 33.2 Å². The summed E-state index contributed by atoms with van der Waals surface area (Å²) >= 11 is 0. The zero-order valence-corrected chi connectivity index (χ0v) is 19.0. The van der Waals surface area contributed by atoms with E-state index in [1.54, 1.807) is 35.4 Å². The first kappa shape index (κ1) is 22.3. The number of halogens is 1. The van der Waals surface area contributed by atoms with E-state index in [1.165, 1.54) is 12.1 Å². The molecule has 176 valence electrons. The number of piperazine rings is 1. The zero-order chi connectivity index (χ0) is 23.7. The van der Waals surface area contributed by atoms with Gasteiger partial charge < -0.3 is 30.2 Å². The Morgan fingerprint density at radius 2 is 1.82 bits per heavy atom. The Labute approximate surface area is 198 Å². The molecular weight excluding hydrogens is 433 g/mol. The lowest BCUT2D eigenvalue weighted by atomic mass is 10.1.